The predicted molar refractivity (Wildman–Crippen MR) is 86.6 cm³/mol. The Labute approximate surface area is 127 Å². The smallest absolute Gasteiger partial charge is 0.321 e. The number of amides is 2. The van der Waals surface area contributed by atoms with E-state index in [2.05, 4.69) is 29.5 Å². The van der Waals surface area contributed by atoms with Crippen molar-refractivity contribution in [1.82, 2.24) is 15.1 Å². The molecule has 21 heavy (non-hydrogen) atoms. The molecule has 0 radical (unpaired) electrons. The summed E-state index contributed by atoms with van der Waals surface area (Å²) in [6, 6.07) is 8.34. The Morgan fingerprint density at radius 1 is 1.14 bits per heavy atom. The standard InChI is InChI=1S/C16H26N4O/c1-13(17-2)14-5-7-15(8-6-14)18-16(21)20-10-4-9-19(3)11-12-20/h5-8,13,17H,4,9-12H2,1-3H3,(H,18,21). The van der Waals surface area contributed by atoms with E-state index in [-0.39, 0.29) is 6.03 Å². The lowest BCUT2D eigenvalue weighted by molar-refractivity contribution is 0.213. The van der Waals surface area contributed by atoms with Gasteiger partial charge in [-0.25, -0.2) is 4.79 Å². The number of anilines is 1. The van der Waals surface area contributed by atoms with Crippen LogP contribution in [-0.4, -0.2) is 56.1 Å². The molecular weight excluding hydrogens is 264 g/mol. The van der Waals surface area contributed by atoms with Crippen molar-refractivity contribution >= 4 is 11.7 Å². The molecule has 2 amide bonds. The average molecular weight is 290 g/mol. The van der Waals surface area contributed by atoms with Crippen LogP contribution in [0.4, 0.5) is 10.5 Å². The second kappa shape index (κ2) is 7.43. The topological polar surface area (TPSA) is 47.6 Å². The molecule has 1 aliphatic heterocycles. The molecule has 1 saturated heterocycles. The molecule has 1 unspecified atom stereocenters. The summed E-state index contributed by atoms with van der Waals surface area (Å²) in [5, 5.41) is 6.19. The van der Waals surface area contributed by atoms with Crippen LogP contribution in [0.15, 0.2) is 24.3 Å². The first-order valence-electron chi connectivity index (χ1n) is 7.62. The van der Waals surface area contributed by atoms with Gasteiger partial charge in [0.25, 0.3) is 0 Å². The van der Waals surface area contributed by atoms with Gasteiger partial charge < -0.3 is 20.4 Å². The van der Waals surface area contributed by atoms with Gasteiger partial charge >= 0.3 is 6.03 Å². The maximum Gasteiger partial charge on any atom is 0.321 e. The van der Waals surface area contributed by atoms with E-state index in [1.165, 1.54) is 5.56 Å². The highest BCUT2D eigenvalue weighted by Gasteiger charge is 2.17. The maximum atomic E-state index is 12.3. The second-order valence-corrected chi connectivity index (χ2v) is 5.71. The molecule has 0 aliphatic carbocycles. The van der Waals surface area contributed by atoms with Crippen LogP contribution in [0.1, 0.15) is 24.9 Å². The van der Waals surface area contributed by atoms with Crippen LogP contribution < -0.4 is 10.6 Å². The fourth-order valence-electron chi connectivity index (χ4n) is 2.47. The number of benzene rings is 1. The SMILES string of the molecule is CNC(C)c1ccc(NC(=O)N2CCCN(C)CC2)cc1. The molecule has 1 fully saturated rings. The van der Waals surface area contributed by atoms with Gasteiger partial charge in [0.05, 0.1) is 0 Å². The van der Waals surface area contributed by atoms with Crippen LogP contribution in [0.2, 0.25) is 0 Å². The van der Waals surface area contributed by atoms with Crippen LogP contribution in [0.5, 0.6) is 0 Å². The quantitative estimate of drug-likeness (QED) is 0.896. The minimum atomic E-state index is -0.000264. The molecule has 0 bridgehead atoms. The van der Waals surface area contributed by atoms with Crippen molar-refractivity contribution < 1.29 is 4.79 Å². The van der Waals surface area contributed by atoms with Crippen LogP contribution in [0.25, 0.3) is 0 Å². The van der Waals surface area contributed by atoms with E-state index in [4.69, 9.17) is 0 Å². The van der Waals surface area contributed by atoms with Crippen molar-refractivity contribution in [3.05, 3.63) is 29.8 Å². The lowest BCUT2D eigenvalue weighted by atomic mass is 10.1. The minimum absolute atomic E-state index is 0.000264. The third-order valence-corrected chi connectivity index (χ3v) is 4.10. The van der Waals surface area contributed by atoms with E-state index in [9.17, 15) is 4.79 Å². The van der Waals surface area contributed by atoms with E-state index < -0.39 is 0 Å². The van der Waals surface area contributed by atoms with Crippen LogP contribution in [0, 0.1) is 0 Å². The first-order chi connectivity index (χ1) is 10.1. The number of carbonyl (C=O) groups excluding carboxylic acids is 1. The van der Waals surface area contributed by atoms with Crippen molar-refractivity contribution in [2.75, 3.05) is 45.6 Å². The Bertz CT molecular complexity index is 460. The molecular formula is C16H26N4O. The molecule has 0 saturated carbocycles. The molecule has 1 atom stereocenters. The second-order valence-electron chi connectivity index (χ2n) is 5.71. The number of hydrogen-bond acceptors (Lipinski definition) is 3. The van der Waals surface area contributed by atoms with Crippen molar-refractivity contribution in [2.45, 2.75) is 19.4 Å². The Balaban J connectivity index is 1.93. The number of carbonyl (C=O) groups is 1. The fourth-order valence-corrected chi connectivity index (χ4v) is 2.47. The lowest BCUT2D eigenvalue weighted by Crippen LogP contribution is -2.37. The third-order valence-electron chi connectivity index (χ3n) is 4.10. The normalized spacial score (nSPS) is 18.1. The number of likely N-dealkylation sites (N-methyl/N-ethyl adjacent to an activating group) is 1. The summed E-state index contributed by atoms with van der Waals surface area (Å²) in [5.74, 6) is 0. The average Bonchev–Trinajstić information content (AvgIpc) is 2.72. The van der Waals surface area contributed by atoms with Gasteiger partial charge in [0.2, 0.25) is 0 Å². The molecule has 1 aliphatic rings. The summed E-state index contributed by atoms with van der Waals surface area (Å²) < 4.78 is 0. The molecule has 116 valence electrons. The van der Waals surface area contributed by atoms with E-state index in [1.807, 2.05) is 36.2 Å². The van der Waals surface area contributed by atoms with Crippen molar-refractivity contribution in [1.29, 1.82) is 0 Å². The van der Waals surface area contributed by atoms with Gasteiger partial charge in [-0.3, -0.25) is 0 Å². The molecule has 5 heteroatoms. The summed E-state index contributed by atoms with van der Waals surface area (Å²) in [4.78, 5) is 16.4. The van der Waals surface area contributed by atoms with Gasteiger partial charge in [-0.2, -0.15) is 0 Å². The molecule has 1 aromatic carbocycles. The van der Waals surface area contributed by atoms with Gasteiger partial charge in [0.15, 0.2) is 0 Å². The molecule has 1 heterocycles. The van der Waals surface area contributed by atoms with Gasteiger partial charge in [-0.1, -0.05) is 12.1 Å². The largest absolute Gasteiger partial charge is 0.323 e. The third kappa shape index (κ3) is 4.44. The van der Waals surface area contributed by atoms with E-state index in [0.717, 1.165) is 38.3 Å². The van der Waals surface area contributed by atoms with Gasteiger partial charge in [-0.05, 0) is 51.7 Å². The summed E-state index contributed by atoms with van der Waals surface area (Å²) in [7, 11) is 4.04. The Morgan fingerprint density at radius 3 is 2.52 bits per heavy atom. The van der Waals surface area contributed by atoms with E-state index in [0.29, 0.717) is 6.04 Å². The molecule has 0 aromatic heterocycles. The molecule has 2 N–H and O–H groups in total. The zero-order chi connectivity index (χ0) is 15.2. The van der Waals surface area contributed by atoms with Crippen molar-refractivity contribution in [3.8, 4) is 0 Å². The van der Waals surface area contributed by atoms with Gasteiger partial charge in [0, 0.05) is 31.4 Å². The maximum absolute atomic E-state index is 12.3. The fraction of sp³-hybridized carbons (Fsp3) is 0.562. The monoisotopic (exact) mass is 290 g/mol. The lowest BCUT2D eigenvalue weighted by Gasteiger charge is -2.21. The van der Waals surface area contributed by atoms with Crippen LogP contribution in [-0.2, 0) is 0 Å². The van der Waals surface area contributed by atoms with Gasteiger partial charge in [0.1, 0.15) is 0 Å². The molecule has 2 rings (SSSR count). The zero-order valence-corrected chi connectivity index (χ0v) is 13.2. The summed E-state index contributed by atoms with van der Waals surface area (Å²) in [6.45, 7) is 5.72. The Kier molecular flexibility index (Phi) is 5.59. The summed E-state index contributed by atoms with van der Waals surface area (Å²) in [6.07, 6.45) is 1.03. The molecule has 5 nitrogen and oxygen atoms in total. The van der Waals surface area contributed by atoms with Gasteiger partial charge in [-0.15, -0.1) is 0 Å². The number of rotatable bonds is 3. The Hall–Kier alpha value is -1.59. The van der Waals surface area contributed by atoms with E-state index >= 15 is 0 Å². The van der Waals surface area contributed by atoms with Crippen LogP contribution in [0.3, 0.4) is 0 Å². The van der Waals surface area contributed by atoms with Crippen molar-refractivity contribution in [3.63, 3.8) is 0 Å². The highest BCUT2D eigenvalue weighted by molar-refractivity contribution is 5.89. The summed E-state index contributed by atoms with van der Waals surface area (Å²) >= 11 is 0. The highest BCUT2D eigenvalue weighted by Crippen LogP contribution is 2.16. The van der Waals surface area contributed by atoms with Crippen LogP contribution >= 0.6 is 0 Å². The Morgan fingerprint density at radius 2 is 1.86 bits per heavy atom. The predicted octanol–water partition coefficient (Wildman–Crippen LogP) is 2.14. The minimum Gasteiger partial charge on any atom is -0.323 e. The first-order valence-corrected chi connectivity index (χ1v) is 7.62. The molecule has 0 spiro atoms. The number of nitrogens with zero attached hydrogens (tertiary/aromatic N) is 2. The summed E-state index contributed by atoms with van der Waals surface area (Å²) in [5.41, 5.74) is 2.07. The number of hydrogen-bond donors (Lipinski definition) is 2. The van der Waals surface area contributed by atoms with E-state index in [1.54, 1.807) is 0 Å². The highest BCUT2D eigenvalue weighted by atomic mass is 16.2. The molecule has 1 aromatic rings. The zero-order valence-electron chi connectivity index (χ0n) is 13.2. The number of nitrogens with one attached hydrogen (secondary N) is 2. The number of urea groups is 1. The van der Waals surface area contributed by atoms with Crippen molar-refractivity contribution in [2.24, 2.45) is 0 Å². The first kappa shape index (κ1) is 15.8.